The number of ketones is 1. The summed E-state index contributed by atoms with van der Waals surface area (Å²) in [5.41, 5.74) is 2.85. The molecule has 8 nitrogen and oxygen atoms in total. The second-order valence-corrected chi connectivity index (χ2v) is 13.4. The number of Topliss-reactive ketones (excluding diaryl/α,β-unsaturated/α-hetero) is 1. The normalized spacial score (nSPS) is 24.1. The first-order chi connectivity index (χ1) is 24.6. The van der Waals surface area contributed by atoms with Crippen LogP contribution in [0.4, 0.5) is 5.69 Å². The van der Waals surface area contributed by atoms with E-state index in [2.05, 4.69) is 22.5 Å². The molecule has 1 amide bonds. The number of H-pyrrole nitrogens is 1. The Hall–Kier alpha value is -6.04. The Morgan fingerprint density at radius 2 is 1.70 bits per heavy atom. The summed E-state index contributed by atoms with van der Waals surface area (Å²) in [5, 5.41) is 17.7. The zero-order valence-corrected chi connectivity index (χ0v) is 27.4. The summed E-state index contributed by atoms with van der Waals surface area (Å²) >= 11 is 0. The molecule has 0 radical (unpaired) electrons. The average Bonchev–Trinajstić information content (AvgIpc) is 3.99. The molecule has 4 aromatic carbocycles. The molecular formula is C42H34N6O2. The summed E-state index contributed by atoms with van der Waals surface area (Å²) in [5.74, 6) is -1.34. The summed E-state index contributed by atoms with van der Waals surface area (Å²) < 4.78 is 1.82. The van der Waals surface area contributed by atoms with Crippen LogP contribution in [0.15, 0.2) is 134 Å². The minimum Gasteiger partial charge on any atom is -0.360 e. The van der Waals surface area contributed by atoms with Gasteiger partial charge in [-0.3, -0.25) is 14.5 Å². The van der Waals surface area contributed by atoms with E-state index in [1.807, 2.05) is 120 Å². The van der Waals surface area contributed by atoms with Crippen molar-refractivity contribution in [2.45, 2.75) is 30.3 Å². The van der Waals surface area contributed by atoms with E-state index in [0.717, 1.165) is 39.8 Å². The Balaban J connectivity index is 1.41. The van der Waals surface area contributed by atoms with Crippen molar-refractivity contribution < 1.29 is 9.59 Å². The second kappa shape index (κ2) is 11.3. The van der Waals surface area contributed by atoms with E-state index in [0.29, 0.717) is 36.3 Å². The van der Waals surface area contributed by atoms with Crippen molar-refractivity contribution in [1.82, 2.24) is 19.7 Å². The highest BCUT2D eigenvalue weighted by atomic mass is 16.2. The summed E-state index contributed by atoms with van der Waals surface area (Å²) in [4.78, 5) is 38.4. The van der Waals surface area contributed by atoms with Gasteiger partial charge in [0.05, 0.1) is 17.5 Å². The molecule has 50 heavy (non-hydrogen) atoms. The highest BCUT2D eigenvalue weighted by Gasteiger charge is 2.77. The highest BCUT2D eigenvalue weighted by molar-refractivity contribution is 6.16. The number of aromatic amines is 1. The zero-order valence-electron chi connectivity index (χ0n) is 27.4. The Kier molecular flexibility index (Phi) is 6.77. The van der Waals surface area contributed by atoms with Crippen molar-refractivity contribution in [3.05, 3.63) is 151 Å². The van der Waals surface area contributed by atoms with Crippen molar-refractivity contribution >= 4 is 28.3 Å². The Labute approximate surface area is 289 Å². The van der Waals surface area contributed by atoms with Gasteiger partial charge in [-0.05, 0) is 43.7 Å². The Morgan fingerprint density at radius 3 is 2.48 bits per heavy atom. The molecule has 1 unspecified atom stereocenters. The van der Waals surface area contributed by atoms with E-state index in [-0.39, 0.29) is 11.7 Å². The lowest BCUT2D eigenvalue weighted by molar-refractivity contribution is -0.129. The van der Waals surface area contributed by atoms with Crippen LogP contribution in [0.25, 0.3) is 27.8 Å². The van der Waals surface area contributed by atoms with Gasteiger partial charge in [0.1, 0.15) is 11.0 Å². The first kappa shape index (κ1) is 30.1. The summed E-state index contributed by atoms with van der Waals surface area (Å²) in [6.07, 6.45) is 6.77. The maximum absolute atomic E-state index is 15.7. The Bertz CT molecular complexity index is 2350. The van der Waals surface area contributed by atoms with Gasteiger partial charge in [-0.2, -0.15) is 10.4 Å². The third kappa shape index (κ3) is 3.86. The highest BCUT2D eigenvalue weighted by Crippen LogP contribution is 2.68. The van der Waals surface area contributed by atoms with Gasteiger partial charge in [0.2, 0.25) is 0 Å². The van der Waals surface area contributed by atoms with Crippen LogP contribution >= 0.6 is 0 Å². The number of hydrogen-bond donors (Lipinski definition) is 1. The minimum atomic E-state index is -1.65. The van der Waals surface area contributed by atoms with Crippen molar-refractivity contribution in [2.75, 3.05) is 18.0 Å². The van der Waals surface area contributed by atoms with Gasteiger partial charge in [-0.1, -0.05) is 91.0 Å². The van der Waals surface area contributed by atoms with Gasteiger partial charge in [0, 0.05) is 69.7 Å². The van der Waals surface area contributed by atoms with Gasteiger partial charge in [-0.25, -0.2) is 4.68 Å². The molecule has 0 aliphatic carbocycles. The molecule has 3 aliphatic heterocycles. The monoisotopic (exact) mass is 654 g/mol. The number of rotatable bonds is 7. The molecule has 8 heteroatoms. The van der Waals surface area contributed by atoms with Crippen LogP contribution < -0.4 is 4.90 Å². The number of nitriles is 1. The average molecular weight is 655 g/mol. The molecule has 2 aromatic heterocycles. The van der Waals surface area contributed by atoms with Gasteiger partial charge < -0.3 is 9.88 Å². The number of fused-ring (bicyclic) bond motifs is 5. The number of benzene rings is 4. The van der Waals surface area contributed by atoms with Crippen LogP contribution in [0.3, 0.4) is 0 Å². The minimum absolute atomic E-state index is 0.147. The van der Waals surface area contributed by atoms with Crippen LogP contribution in [-0.2, 0) is 10.3 Å². The first-order valence-electron chi connectivity index (χ1n) is 17.1. The van der Waals surface area contributed by atoms with Gasteiger partial charge in [0.15, 0.2) is 5.78 Å². The number of hydrogen-bond acceptors (Lipinski definition) is 5. The first-order valence-corrected chi connectivity index (χ1v) is 17.1. The van der Waals surface area contributed by atoms with Crippen LogP contribution in [0.2, 0.25) is 0 Å². The second-order valence-electron chi connectivity index (χ2n) is 13.4. The quantitative estimate of drug-likeness (QED) is 0.143. The van der Waals surface area contributed by atoms with Crippen LogP contribution in [0, 0.1) is 16.7 Å². The molecule has 244 valence electrons. The van der Waals surface area contributed by atoms with E-state index < -0.39 is 22.9 Å². The number of anilines is 1. The van der Waals surface area contributed by atoms with Crippen LogP contribution in [0.1, 0.15) is 40.2 Å². The smallest absolute Gasteiger partial charge is 0.253 e. The number of amides is 1. The summed E-state index contributed by atoms with van der Waals surface area (Å²) in [7, 11) is 0. The maximum atomic E-state index is 15.7. The van der Waals surface area contributed by atoms with E-state index in [9.17, 15) is 5.26 Å². The van der Waals surface area contributed by atoms with Crippen molar-refractivity contribution in [1.29, 1.82) is 5.26 Å². The fourth-order valence-corrected chi connectivity index (χ4v) is 9.24. The lowest BCUT2D eigenvalue weighted by atomic mass is 9.60. The molecule has 9 rings (SSSR count). The topological polar surface area (TPSA) is 98.0 Å². The molecule has 5 heterocycles. The number of para-hydroxylation sites is 3. The lowest BCUT2D eigenvalue weighted by Crippen LogP contribution is -2.53. The maximum Gasteiger partial charge on any atom is 0.253 e. The lowest BCUT2D eigenvalue weighted by Gasteiger charge is -2.39. The van der Waals surface area contributed by atoms with E-state index >= 15 is 9.59 Å². The number of nitrogens with one attached hydrogen (secondary N) is 1. The molecule has 2 saturated heterocycles. The largest absolute Gasteiger partial charge is 0.360 e. The van der Waals surface area contributed by atoms with Crippen molar-refractivity contribution in [3.63, 3.8) is 0 Å². The number of aromatic nitrogens is 3. The molecule has 0 bridgehead atoms. The third-order valence-corrected chi connectivity index (χ3v) is 11.1. The predicted molar refractivity (Wildman–Crippen MR) is 193 cm³/mol. The molecule has 0 saturated carbocycles. The summed E-state index contributed by atoms with van der Waals surface area (Å²) in [6.45, 7) is 4.86. The number of carbonyl (C=O) groups is 2. The fourth-order valence-electron chi connectivity index (χ4n) is 9.24. The molecular weight excluding hydrogens is 621 g/mol. The molecule has 4 atom stereocenters. The van der Waals surface area contributed by atoms with E-state index in [1.165, 1.54) is 0 Å². The zero-order chi connectivity index (χ0) is 34.0. The van der Waals surface area contributed by atoms with Crippen molar-refractivity contribution in [3.8, 4) is 23.0 Å². The van der Waals surface area contributed by atoms with E-state index in [1.54, 1.807) is 17.2 Å². The standard InChI is InChI=1S/C42H34N6O2/c1-2-23-46-35-21-12-10-19-33(35)42(40(46)50)38(32-26-48(29-16-7-4-8-17-29)45-37(32)28-14-5-3-6-15-28)41(27-43,36-22-13-24-47(36)42)39(49)31-25-44-34-20-11-9-18-30(31)34/h2-12,14-21,25-26,36,38,44H,1,13,22-24H2/t36?,38-,41+,42+/m1/s1. The van der Waals surface area contributed by atoms with Gasteiger partial charge in [0.25, 0.3) is 5.91 Å². The summed E-state index contributed by atoms with van der Waals surface area (Å²) in [6, 6.07) is 37.4. The molecule has 3 aliphatic rings. The predicted octanol–water partition coefficient (Wildman–Crippen LogP) is 7.40. The van der Waals surface area contributed by atoms with Crippen molar-refractivity contribution in [2.24, 2.45) is 5.41 Å². The number of carbonyl (C=O) groups excluding carboxylic acids is 2. The SMILES string of the molecule is C=CCN1C(=O)[C@]2(c3ccccc31)[C@H](c1cn(-c3ccccc3)nc1-c1ccccc1)[C@@](C#N)(C(=O)c1c[nH]c3ccccc13)C1CCCN12. The molecule has 6 aromatic rings. The fraction of sp³-hybridized carbons (Fsp3) is 0.190. The third-order valence-electron chi connectivity index (χ3n) is 11.1. The van der Waals surface area contributed by atoms with Crippen LogP contribution in [0.5, 0.6) is 0 Å². The van der Waals surface area contributed by atoms with E-state index in [4.69, 9.17) is 5.10 Å². The molecule has 1 spiro atoms. The molecule has 1 N–H and O–H groups in total. The Morgan fingerprint density at radius 1 is 0.980 bits per heavy atom. The van der Waals surface area contributed by atoms with Gasteiger partial charge >= 0.3 is 0 Å². The number of nitrogens with zero attached hydrogens (tertiary/aromatic N) is 5. The molecule has 2 fully saturated rings. The van der Waals surface area contributed by atoms with Crippen LogP contribution in [-0.4, -0.2) is 50.5 Å². The van der Waals surface area contributed by atoms with Gasteiger partial charge in [-0.15, -0.1) is 6.58 Å².